The third-order valence-electron chi connectivity index (χ3n) is 5.66. The zero-order valence-corrected chi connectivity index (χ0v) is 14.9. The standard InChI is InChI=1S/C20H24N4O2/c1-13(24-11-5-10-21-24)19(25)22-14-6-4-7-15(12-14)23-20(26)18-16-8-2-3-9-17(16)18/h4-7,10-13,16-18H,2-3,8-9H2,1H3,(H,22,25)(H,23,26). The molecule has 2 aliphatic rings. The Morgan fingerprint density at radius 3 is 2.46 bits per heavy atom. The molecule has 2 aromatic rings. The van der Waals surface area contributed by atoms with Crippen LogP contribution in [-0.2, 0) is 9.59 Å². The molecule has 3 unspecified atom stereocenters. The van der Waals surface area contributed by atoms with Gasteiger partial charge in [-0.3, -0.25) is 14.3 Å². The smallest absolute Gasteiger partial charge is 0.248 e. The second-order valence-electron chi connectivity index (χ2n) is 7.36. The van der Waals surface area contributed by atoms with E-state index in [9.17, 15) is 9.59 Å². The molecule has 1 aromatic heterocycles. The van der Waals surface area contributed by atoms with Crippen molar-refractivity contribution in [2.45, 2.75) is 38.6 Å². The van der Waals surface area contributed by atoms with Crippen LogP contribution in [0.25, 0.3) is 0 Å². The van der Waals surface area contributed by atoms with Crippen LogP contribution in [0.5, 0.6) is 0 Å². The van der Waals surface area contributed by atoms with Crippen LogP contribution >= 0.6 is 0 Å². The van der Waals surface area contributed by atoms with E-state index in [1.807, 2.05) is 18.2 Å². The fourth-order valence-electron chi connectivity index (χ4n) is 4.16. The molecule has 1 aromatic carbocycles. The Hall–Kier alpha value is -2.63. The molecule has 2 fully saturated rings. The first-order chi connectivity index (χ1) is 12.6. The third-order valence-corrected chi connectivity index (χ3v) is 5.66. The summed E-state index contributed by atoms with van der Waals surface area (Å²) in [4.78, 5) is 24.9. The van der Waals surface area contributed by atoms with Gasteiger partial charge in [-0.2, -0.15) is 5.10 Å². The lowest BCUT2D eigenvalue weighted by atomic mass is 10.0. The summed E-state index contributed by atoms with van der Waals surface area (Å²) in [6, 6.07) is 8.70. The highest BCUT2D eigenvalue weighted by atomic mass is 16.2. The molecule has 2 aliphatic carbocycles. The molecule has 2 N–H and O–H groups in total. The highest BCUT2D eigenvalue weighted by Crippen LogP contribution is 2.55. The maximum absolute atomic E-state index is 12.5. The van der Waals surface area contributed by atoms with Gasteiger partial charge in [-0.15, -0.1) is 0 Å². The molecular weight excluding hydrogens is 328 g/mol. The molecule has 6 heteroatoms. The Balaban J connectivity index is 1.37. The topological polar surface area (TPSA) is 76.0 Å². The number of hydrogen-bond donors (Lipinski definition) is 2. The predicted molar refractivity (Wildman–Crippen MR) is 99.6 cm³/mol. The van der Waals surface area contributed by atoms with Crippen LogP contribution < -0.4 is 10.6 Å². The van der Waals surface area contributed by atoms with Gasteiger partial charge in [0.25, 0.3) is 0 Å². The van der Waals surface area contributed by atoms with Crippen molar-refractivity contribution in [1.29, 1.82) is 0 Å². The van der Waals surface area contributed by atoms with Crippen molar-refractivity contribution in [3.05, 3.63) is 42.7 Å². The van der Waals surface area contributed by atoms with Gasteiger partial charge >= 0.3 is 0 Å². The second kappa shape index (κ2) is 6.94. The van der Waals surface area contributed by atoms with Crippen molar-refractivity contribution in [3.8, 4) is 0 Å². The molecule has 1 heterocycles. The van der Waals surface area contributed by atoms with E-state index in [4.69, 9.17) is 0 Å². The van der Waals surface area contributed by atoms with E-state index in [-0.39, 0.29) is 17.7 Å². The fourth-order valence-corrected chi connectivity index (χ4v) is 4.16. The number of nitrogens with one attached hydrogen (secondary N) is 2. The van der Waals surface area contributed by atoms with Crippen molar-refractivity contribution in [2.24, 2.45) is 17.8 Å². The number of aromatic nitrogens is 2. The summed E-state index contributed by atoms with van der Waals surface area (Å²) in [6.07, 6.45) is 8.28. The molecule has 4 rings (SSSR count). The molecule has 2 amide bonds. The van der Waals surface area contributed by atoms with Crippen molar-refractivity contribution < 1.29 is 9.59 Å². The Labute approximate surface area is 153 Å². The number of benzene rings is 1. The van der Waals surface area contributed by atoms with Gasteiger partial charge in [-0.1, -0.05) is 18.9 Å². The average Bonchev–Trinajstić information content (AvgIpc) is 3.12. The molecule has 3 atom stereocenters. The number of hydrogen-bond acceptors (Lipinski definition) is 3. The molecule has 0 saturated heterocycles. The molecule has 6 nitrogen and oxygen atoms in total. The first-order valence-electron chi connectivity index (χ1n) is 9.34. The molecule has 0 radical (unpaired) electrons. The Bertz CT molecular complexity index is 790. The third kappa shape index (κ3) is 3.36. The van der Waals surface area contributed by atoms with E-state index >= 15 is 0 Å². The first-order valence-corrected chi connectivity index (χ1v) is 9.34. The lowest BCUT2D eigenvalue weighted by Crippen LogP contribution is -2.24. The normalized spacial score (nSPS) is 25.0. The number of fused-ring (bicyclic) bond motifs is 1. The van der Waals surface area contributed by atoms with Crippen LogP contribution in [0.1, 0.15) is 38.6 Å². The summed E-state index contributed by atoms with van der Waals surface area (Å²) in [5, 5.41) is 10.0. The highest BCUT2D eigenvalue weighted by molar-refractivity contribution is 5.97. The van der Waals surface area contributed by atoms with Crippen molar-refractivity contribution in [2.75, 3.05) is 10.6 Å². The van der Waals surface area contributed by atoms with E-state index in [0.717, 1.165) is 5.69 Å². The van der Waals surface area contributed by atoms with Crippen LogP contribution in [0.15, 0.2) is 42.7 Å². The zero-order valence-electron chi connectivity index (χ0n) is 14.9. The van der Waals surface area contributed by atoms with Gasteiger partial charge < -0.3 is 10.6 Å². The van der Waals surface area contributed by atoms with Gasteiger partial charge in [0.15, 0.2) is 0 Å². The SMILES string of the molecule is CC(C(=O)Nc1cccc(NC(=O)C2C3CCCCC32)c1)n1cccn1. The number of anilines is 2. The Kier molecular flexibility index (Phi) is 4.49. The van der Waals surface area contributed by atoms with Crippen molar-refractivity contribution in [3.63, 3.8) is 0 Å². The minimum absolute atomic E-state index is 0.121. The predicted octanol–water partition coefficient (Wildman–Crippen LogP) is 3.46. The van der Waals surface area contributed by atoms with E-state index < -0.39 is 6.04 Å². The number of amides is 2. The van der Waals surface area contributed by atoms with Crippen LogP contribution in [0.3, 0.4) is 0 Å². The minimum Gasteiger partial charge on any atom is -0.326 e. The van der Waals surface area contributed by atoms with Gasteiger partial charge in [-0.05, 0) is 55.9 Å². The van der Waals surface area contributed by atoms with Crippen LogP contribution in [-0.4, -0.2) is 21.6 Å². The maximum Gasteiger partial charge on any atom is 0.248 e. The van der Waals surface area contributed by atoms with Gasteiger partial charge in [0, 0.05) is 29.7 Å². The lowest BCUT2D eigenvalue weighted by molar-refractivity contribution is -0.119. The van der Waals surface area contributed by atoms with Crippen LogP contribution in [0.4, 0.5) is 11.4 Å². The van der Waals surface area contributed by atoms with Crippen molar-refractivity contribution in [1.82, 2.24) is 9.78 Å². The minimum atomic E-state index is -0.405. The summed E-state index contributed by atoms with van der Waals surface area (Å²) in [6.45, 7) is 1.79. The molecule has 0 spiro atoms. The van der Waals surface area contributed by atoms with Crippen molar-refractivity contribution >= 4 is 23.2 Å². The van der Waals surface area contributed by atoms with Crippen LogP contribution in [0.2, 0.25) is 0 Å². The quantitative estimate of drug-likeness (QED) is 0.865. The van der Waals surface area contributed by atoms with E-state index in [1.54, 1.807) is 36.1 Å². The maximum atomic E-state index is 12.5. The van der Waals surface area contributed by atoms with E-state index in [0.29, 0.717) is 17.5 Å². The summed E-state index contributed by atoms with van der Waals surface area (Å²) in [7, 11) is 0. The van der Waals surface area contributed by atoms with Gasteiger partial charge in [-0.25, -0.2) is 0 Å². The van der Waals surface area contributed by atoms with Crippen LogP contribution in [0, 0.1) is 17.8 Å². The molecule has 0 aliphatic heterocycles. The lowest BCUT2D eigenvalue weighted by Gasteiger charge is -2.13. The highest BCUT2D eigenvalue weighted by Gasteiger charge is 2.54. The molecule has 26 heavy (non-hydrogen) atoms. The Morgan fingerprint density at radius 1 is 1.12 bits per heavy atom. The van der Waals surface area contributed by atoms with E-state index in [2.05, 4.69) is 15.7 Å². The number of carbonyl (C=O) groups excluding carboxylic acids is 2. The molecule has 136 valence electrons. The fraction of sp³-hybridized carbons (Fsp3) is 0.450. The molecular formula is C20H24N4O2. The van der Waals surface area contributed by atoms with Gasteiger partial charge in [0.1, 0.15) is 6.04 Å². The van der Waals surface area contributed by atoms with Gasteiger partial charge in [0.05, 0.1) is 0 Å². The first kappa shape index (κ1) is 16.8. The summed E-state index contributed by atoms with van der Waals surface area (Å²) in [5.74, 6) is 1.32. The molecule has 0 bridgehead atoms. The number of nitrogens with zero attached hydrogens (tertiary/aromatic N) is 2. The Morgan fingerprint density at radius 2 is 1.81 bits per heavy atom. The number of rotatable bonds is 5. The second-order valence-corrected chi connectivity index (χ2v) is 7.36. The molecule has 2 saturated carbocycles. The van der Waals surface area contributed by atoms with Gasteiger partial charge in [0.2, 0.25) is 11.8 Å². The van der Waals surface area contributed by atoms with E-state index in [1.165, 1.54) is 25.7 Å². The zero-order chi connectivity index (χ0) is 18.1. The summed E-state index contributed by atoms with van der Waals surface area (Å²) < 4.78 is 1.61. The number of carbonyl (C=O) groups is 2. The largest absolute Gasteiger partial charge is 0.326 e. The summed E-state index contributed by atoms with van der Waals surface area (Å²) >= 11 is 0. The summed E-state index contributed by atoms with van der Waals surface area (Å²) in [5.41, 5.74) is 1.39. The average molecular weight is 352 g/mol. The monoisotopic (exact) mass is 352 g/mol.